The maximum atomic E-state index is 12.9. The number of imidazole rings is 1. The standard InChI is InChI=1S/C18H21F3N4O2/c1-10-7-22-14(11(2)15(10)27-3)9-23-16(26)12-4-5-25-13(6-12)8-24-17(25)18(19,20)21/h7-8,12H,4-6,9H2,1-3H3,(H,23,26)/t12-/m1/s1. The predicted octanol–water partition coefficient (Wildman–Crippen LogP) is 2.80. The van der Waals surface area contributed by atoms with Gasteiger partial charge in [0.25, 0.3) is 0 Å². The summed E-state index contributed by atoms with van der Waals surface area (Å²) in [4.78, 5) is 20.3. The van der Waals surface area contributed by atoms with Crippen LogP contribution in [0.15, 0.2) is 12.4 Å². The normalized spacial score (nSPS) is 16.7. The van der Waals surface area contributed by atoms with E-state index in [1.54, 1.807) is 13.3 Å². The number of ether oxygens (including phenoxy) is 1. The van der Waals surface area contributed by atoms with Crippen LogP contribution in [-0.4, -0.2) is 27.6 Å². The van der Waals surface area contributed by atoms with E-state index in [2.05, 4.69) is 15.3 Å². The summed E-state index contributed by atoms with van der Waals surface area (Å²) in [6.45, 7) is 4.13. The lowest BCUT2D eigenvalue weighted by molar-refractivity contribution is -0.147. The molecule has 1 atom stereocenters. The van der Waals surface area contributed by atoms with Gasteiger partial charge in [-0.2, -0.15) is 13.2 Å². The van der Waals surface area contributed by atoms with E-state index in [0.717, 1.165) is 21.4 Å². The van der Waals surface area contributed by atoms with Crippen molar-refractivity contribution in [2.24, 2.45) is 5.92 Å². The molecule has 2 aromatic heterocycles. The Morgan fingerprint density at radius 1 is 1.33 bits per heavy atom. The maximum absolute atomic E-state index is 12.9. The molecular weight excluding hydrogens is 361 g/mol. The van der Waals surface area contributed by atoms with Crippen molar-refractivity contribution in [2.45, 2.75) is 46.0 Å². The Morgan fingerprint density at radius 2 is 2.07 bits per heavy atom. The first-order valence-corrected chi connectivity index (χ1v) is 8.60. The minimum atomic E-state index is -4.49. The van der Waals surface area contributed by atoms with Gasteiger partial charge in [0.05, 0.1) is 19.3 Å². The van der Waals surface area contributed by atoms with E-state index in [1.807, 2.05) is 13.8 Å². The number of alkyl halides is 3. The zero-order chi connectivity index (χ0) is 19.8. The van der Waals surface area contributed by atoms with Gasteiger partial charge in [-0.25, -0.2) is 4.98 Å². The Labute approximate surface area is 154 Å². The Bertz CT molecular complexity index is 861. The van der Waals surface area contributed by atoms with Gasteiger partial charge in [-0.1, -0.05) is 0 Å². The summed E-state index contributed by atoms with van der Waals surface area (Å²) in [5, 5.41) is 2.84. The monoisotopic (exact) mass is 382 g/mol. The van der Waals surface area contributed by atoms with E-state index >= 15 is 0 Å². The Kier molecular flexibility index (Phi) is 5.12. The zero-order valence-electron chi connectivity index (χ0n) is 15.4. The van der Waals surface area contributed by atoms with Crippen molar-refractivity contribution in [3.63, 3.8) is 0 Å². The molecule has 0 fully saturated rings. The molecule has 0 bridgehead atoms. The molecule has 1 aliphatic heterocycles. The number of pyridine rings is 1. The fourth-order valence-electron chi connectivity index (χ4n) is 3.48. The lowest BCUT2D eigenvalue weighted by Crippen LogP contribution is -2.35. The van der Waals surface area contributed by atoms with E-state index < -0.39 is 12.0 Å². The molecule has 1 aliphatic rings. The topological polar surface area (TPSA) is 69.0 Å². The van der Waals surface area contributed by atoms with Gasteiger partial charge >= 0.3 is 6.18 Å². The first-order chi connectivity index (χ1) is 12.7. The molecular formula is C18H21F3N4O2. The van der Waals surface area contributed by atoms with Gasteiger partial charge in [-0.05, 0) is 20.3 Å². The number of halogens is 3. The van der Waals surface area contributed by atoms with Crippen LogP contribution in [-0.2, 0) is 30.5 Å². The van der Waals surface area contributed by atoms with Crippen molar-refractivity contribution >= 4 is 5.91 Å². The summed E-state index contributed by atoms with van der Waals surface area (Å²) in [5.41, 5.74) is 2.89. The van der Waals surface area contributed by atoms with Crippen molar-refractivity contribution in [3.05, 3.63) is 40.7 Å². The number of aromatic nitrogens is 3. The fraction of sp³-hybridized carbons (Fsp3) is 0.500. The van der Waals surface area contributed by atoms with Crippen LogP contribution in [0.25, 0.3) is 0 Å². The van der Waals surface area contributed by atoms with Gasteiger partial charge in [-0.3, -0.25) is 9.78 Å². The molecule has 0 aromatic carbocycles. The molecule has 2 aromatic rings. The van der Waals surface area contributed by atoms with Gasteiger partial charge in [0.15, 0.2) is 0 Å². The predicted molar refractivity (Wildman–Crippen MR) is 91.1 cm³/mol. The van der Waals surface area contributed by atoms with Crippen molar-refractivity contribution in [2.75, 3.05) is 7.11 Å². The van der Waals surface area contributed by atoms with E-state index in [9.17, 15) is 18.0 Å². The minimum absolute atomic E-state index is 0.123. The molecule has 3 heterocycles. The molecule has 0 unspecified atom stereocenters. The first-order valence-electron chi connectivity index (χ1n) is 8.60. The van der Waals surface area contributed by atoms with Gasteiger partial charge in [0, 0.05) is 48.1 Å². The van der Waals surface area contributed by atoms with Crippen LogP contribution in [0.4, 0.5) is 13.2 Å². The lowest BCUT2D eigenvalue weighted by atomic mass is 9.95. The number of nitrogens with zero attached hydrogens (tertiary/aromatic N) is 3. The van der Waals surface area contributed by atoms with E-state index in [4.69, 9.17) is 4.74 Å². The highest BCUT2D eigenvalue weighted by molar-refractivity contribution is 5.79. The first kappa shape index (κ1) is 19.2. The zero-order valence-corrected chi connectivity index (χ0v) is 15.4. The van der Waals surface area contributed by atoms with Gasteiger partial charge in [-0.15, -0.1) is 0 Å². The molecule has 0 radical (unpaired) electrons. The molecule has 9 heteroatoms. The van der Waals surface area contributed by atoms with Gasteiger partial charge < -0.3 is 14.6 Å². The molecule has 0 saturated heterocycles. The molecule has 1 amide bonds. The summed E-state index contributed by atoms with van der Waals surface area (Å²) < 4.78 is 45.3. The number of methoxy groups -OCH3 is 1. The van der Waals surface area contributed by atoms with Crippen LogP contribution in [0.1, 0.15) is 34.8 Å². The number of fused-ring (bicyclic) bond motifs is 1. The fourth-order valence-corrected chi connectivity index (χ4v) is 3.48. The second-order valence-electron chi connectivity index (χ2n) is 6.68. The molecule has 146 valence electrons. The number of aryl methyl sites for hydroxylation is 1. The Balaban J connectivity index is 1.66. The van der Waals surface area contributed by atoms with Crippen molar-refractivity contribution in [1.82, 2.24) is 19.9 Å². The van der Waals surface area contributed by atoms with Crippen molar-refractivity contribution < 1.29 is 22.7 Å². The molecule has 3 rings (SSSR count). The van der Waals surface area contributed by atoms with Gasteiger partial charge in [0.2, 0.25) is 11.7 Å². The average molecular weight is 382 g/mol. The molecule has 0 aliphatic carbocycles. The second kappa shape index (κ2) is 7.21. The highest BCUT2D eigenvalue weighted by atomic mass is 19.4. The third-order valence-corrected chi connectivity index (χ3v) is 4.90. The van der Waals surface area contributed by atoms with E-state index in [1.165, 1.54) is 6.20 Å². The van der Waals surface area contributed by atoms with Crippen LogP contribution in [0.2, 0.25) is 0 Å². The molecule has 27 heavy (non-hydrogen) atoms. The van der Waals surface area contributed by atoms with Crippen LogP contribution in [0.3, 0.4) is 0 Å². The van der Waals surface area contributed by atoms with Crippen LogP contribution in [0, 0.1) is 19.8 Å². The molecule has 0 spiro atoms. The van der Waals surface area contributed by atoms with Crippen LogP contribution in [0.5, 0.6) is 5.75 Å². The summed E-state index contributed by atoms with van der Waals surface area (Å²) >= 11 is 0. The number of hydrogen-bond acceptors (Lipinski definition) is 4. The number of hydrogen-bond donors (Lipinski definition) is 1. The quantitative estimate of drug-likeness (QED) is 0.883. The van der Waals surface area contributed by atoms with E-state index in [-0.39, 0.29) is 31.3 Å². The molecule has 0 saturated carbocycles. The summed E-state index contributed by atoms with van der Waals surface area (Å²) in [6.07, 6.45) is -1.02. The van der Waals surface area contributed by atoms with Crippen LogP contribution >= 0.6 is 0 Å². The number of amides is 1. The smallest absolute Gasteiger partial charge is 0.449 e. The molecule has 1 N–H and O–H groups in total. The molecule has 6 nitrogen and oxygen atoms in total. The lowest BCUT2D eigenvalue weighted by Gasteiger charge is -2.24. The Morgan fingerprint density at radius 3 is 2.74 bits per heavy atom. The third kappa shape index (κ3) is 3.77. The highest BCUT2D eigenvalue weighted by Gasteiger charge is 2.39. The van der Waals surface area contributed by atoms with E-state index in [0.29, 0.717) is 17.8 Å². The average Bonchev–Trinajstić information content (AvgIpc) is 3.04. The van der Waals surface area contributed by atoms with Crippen molar-refractivity contribution in [1.29, 1.82) is 0 Å². The highest BCUT2D eigenvalue weighted by Crippen LogP contribution is 2.32. The number of nitrogens with one attached hydrogen (secondary N) is 1. The van der Waals surface area contributed by atoms with Crippen LogP contribution < -0.4 is 10.1 Å². The summed E-state index contributed by atoms with van der Waals surface area (Å²) in [6, 6.07) is 0. The maximum Gasteiger partial charge on any atom is 0.449 e. The SMILES string of the molecule is COc1c(C)cnc(CNC(=O)[C@@H]2CCn3c(cnc3C(F)(F)F)C2)c1C. The van der Waals surface area contributed by atoms with Gasteiger partial charge in [0.1, 0.15) is 5.75 Å². The largest absolute Gasteiger partial charge is 0.496 e. The minimum Gasteiger partial charge on any atom is -0.496 e. The number of carbonyl (C=O) groups is 1. The number of carbonyl (C=O) groups excluding carboxylic acids is 1. The summed E-state index contributed by atoms with van der Waals surface area (Å²) in [7, 11) is 1.58. The second-order valence-corrected chi connectivity index (χ2v) is 6.68. The Hall–Kier alpha value is -2.58. The summed E-state index contributed by atoms with van der Waals surface area (Å²) in [5.74, 6) is -0.752. The number of rotatable bonds is 4. The third-order valence-electron chi connectivity index (χ3n) is 4.90. The van der Waals surface area contributed by atoms with Crippen molar-refractivity contribution in [3.8, 4) is 5.75 Å².